The highest BCUT2D eigenvalue weighted by Gasteiger charge is 2.11. The van der Waals surface area contributed by atoms with E-state index < -0.39 is 0 Å². The Morgan fingerprint density at radius 3 is 2.43 bits per heavy atom. The summed E-state index contributed by atoms with van der Waals surface area (Å²) in [6.07, 6.45) is 0. The average Bonchev–Trinajstić information content (AvgIpc) is 2.47. The van der Waals surface area contributed by atoms with E-state index in [0.29, 0.717) is 33.6 Å². The molecule has 0 aliphatic rings. The minimum Gasteiger partial charge on any atom is -0.495 e. The van der Waals surface area contributed by atoms with Crippen molar-refractivity contribution < 1.29 is 9.47 Å². The van der Waals surface area contributed by atoms with Crippen molar-refractivity contribution in [2.24, 2.45) is 0 Å². The van der Waals surface area contributed by atoms with Gasteiger partial charge in [0.05, 0.1) is 36.6 Å². The number of hydrogen-bond donors (Lipinski definition) is 1. The maximum atomic E-state index is 8.95. The normalized spacial score (nSPS) is 9.86. The van der Waals surface area contributed by atoms with Crippen molar-refractivity contribution in [3.63, 3.8) is 0 Å². The number of nitriles is 1. The fourth-order valence-corrected chi connectivity index (χ4v) is 2.16. The van der Waals surface area contributed by atoms with Crippen LogP contribution in [-0.2, 0) is 0 Å². The second-order valence-electron chi connectivity index (χ2n) is 3.99. The van der Waals surface area contributed by atoms with E-state index in [2.05, 4.69) is 10.3 Å². The smallest absolute Gasteiger partial charge is 0.144 e. The van der Waals surface area contributed by atoms with E-state index in [9.17, 15) is 0 Å². The van der Waals surface area contributed by atoms with Crippen LogP contribution in [0.1, 0.15) is 5.56 Å². The van der Waals surface area contributed by atoms with Gasteiger partial charge in [0.15, 0.2) is 0 Å². The standard InChI is InChI=1S/C14H11Cl2N3O2/c1-20-11-6-10(12(21-2)5-9(11)15)18-14-4-8(7-17)3-13(16)19-14/h3-6H,1-2H3,(H,18,19). The lowest BCUT2D eigenvalue weighted by Gasteiger charge is -2.13. The highest BCUT2D eigenvalue weighted by molar-refractivity contribution is 6.32. The van der Waals surface area contributed by atoms with Gasteiger partial charge in [0.25, 0.3) is 0 Å². The van der Waals surface area contributed by atoms with Crippen LogP contribution in [0.5, 0.6) is 11.5 Å². The van der Waals surface area contributed by atoms with Gasteiger partial charge in [0.1, 0.15) is 22.5 Å². The van der Waals surface area contributed by atoms with Crippen molar-refractivity contribution in [1.82, 2.24) is 4.98 Å². The van der Waals surface area contributed by atoms with E-state index in [4.69, 9.17) is 37.9 Å². The molecule has 2 rings (SSSR count). The van der Waals surface area contributed by atoms with Gasteiger partial charge in [-0.25, -0.2) is 4.98 Å². The number of halogens is 2. The molecule has 0 atom stereocenters. The highest BCUT2D eigenvalue weighted by Crippen LogP contribution is 2.37. The van der Waals surface area contributed by atoms with Gasteiger partial charge < -0.3 is 14.8 Å². The molecule has 0 saturated heterocycles. The van der Waals surface area contributed by atoms with E-state index in [1.165, 1.54) is 20.3 Å². The van der Waals surface area contributed by atoms with Gasteiger partial charge in [-0.15, -0.1) is 0 Å². The molecule has 0 saturated carbocycles. The molecule has 0 unspecified atom stereocenters. The first-order valence-corrected chi connectivity index (χ1v) is 6.59. The average molecular weight is 324 g/mol. The maximum Gasteiger partial charge on any atom is 0.144 e. The first-order valence-electron chi connectivity index (χ1n) is 5.83. The number of nitrogens with zero attached hydrogens (tertiary/aromatic N) is 2. The second-order valence-corrected chi connectivity index (χ2v) is 4.78. The van der Waals surface area contributed by atoms with Crippen LogP contribution in [-0.4, -0.2) is 19.2 Å². The molecule has 1 heterocycles. The first-order chi connectivity index (χ1) is 10.1. The molecule has 21 heavy (non-hydrogen) atoms. The second kappa shape index (κ2) is 6.53. The Hall–Kier alpha value is -2.16. The molecule has 108 valence electrons. The zero-order valence-corrected chi connectivity index (χ0v) is 12.8. The van der Waals surface area contributed by atoms with Gasteiger partial charge >= 0.3 is 0 Å². The largest absolute Gasteiger partial charge is 0.495 e. The van der Waals surface area contributed by atoms with Crippen LogP contribution < -0.4 is 14.8 Å². The number of nitrogens with one attached hydrogen (secondary N) is 1. The zero-order chi connectivity index (χ0) is 15.4. The minimum absolute atomic E-state index is 0.219. The highest BCUT2D eigenvalue weighted by atomic mass is 35.5. The number of anilines is 2. The fraction of sp³-hybridized carbons (Fsp3) is 0.143. The van der Waals surface area contributed by atoms with Crippen molar-refractivity contribution in [2.75, 3.05) is 19.5 Å². The van der Waals surface area contributed by atoms with Gasteiger partial charge in [-0.2, -0.15) is 5.26 Å². The Morgan fingerprint density at radius 1 is 1.10 bits per heavy atom. The number of pyridine rings is 1. The van der Waals surface area contributed by atoms with E-state index in [-0.39, 0.29) is 5.15 Å². The lowest BCUT2D eigenvalue weighted by molar-refractivity contribution is 0.405. The molecule has 0 bridgehead atoms. The molecule has 7 heteroatoms. The molecule has 0 fully saturated rings. The molecule has 0 radical (unpaired) electrons. The van der Waals surface area contributed by atoms with Crippen LogP contribution in [0, 0.1) is 11.3 Å². The number of hydrogen-bond acceptors (Lipinski definition) is 5. The first kappa shape index (κ1) is 15.2. The summed E-state index contributed by atoms with van der Waals surface area (Å²) in [6, 6.07) is 8.37. The van der Waals surface area contributed by atoms with E-state index in [0.717, 1.165) is 0 Å². The summed E-state index contributed by atoms with van der Waals surface area (Å²) in [7, 11) is 3.04. The van der Waals surface area contributed by atoms with Crippen LogP contribution in [0.2, 0.25) is 10.2 Å². The predicted molar refractivity (Wildman–Crippen MR) is 81.8 cm³/mol. The minimum atomic E-state index is 0.219. The van der Waals surface area contributed by atoms with E-state index in [1.54, 1.807) is 18.2 Å². The molecule has 0 spiro atoms. The topological polar surface area (TPSA) is 67.2 Å². The number of methoxy groups -OCH3 is 2. The van der Waals surface area contributed by atoms with Gasteiger partial charge in [0, 0.05) is 12.1 Å². The van der Waals surface area contributed by atoms with Crippen LogP contribution in [0.3, 0.4) is 0 Å². The summed E-state index contributed by atoms with van der Waals surface area (Å²) >= 11 is 11.9. The molecule has 2 aromatic rings. The summed E-state index contributed by atoms with van der Waals surface area (Å²) in [5.41, 5.74) is 0.995. The Balaban J connectivity index is 2.43. The fourth-order valence-electron chi connectivity index (χ4n) is 1.72. The summed E-state index contributed by atoms with van der Waals surface area (Å²) < 4.78 is 10.4. The molecule has 5 nitrogen and oxygen atoms in total. The molecule has 1 N–H and O–H groups in total. The number of benzene rings is 1. The third-order valence-corrected chi connectivity index (χ3v) is 3.15. The van der Waals surface area contributed by atoms with Crippen LogP contribution in [0.15, 0.2) is 24.3 Å². The molecule has 1 aromatic heterocycles. The van der Waals surface area contributed by atoms with Crippen LogP contribution in [0.4, 0.5) is 11.5 Å². The van der Waals surface area contributed by atoms with Gasteiger partial charge in [-0.3, -0.25) is 0 Å². The van der Waals surface area contributed by atoms with Crippen molar-refractivity contribution in [3.8, 4) is 17.6 Å². The molecule has 0 amide bonds. The van der Waals surface area contributed by atoms with Gasteiger partial charge in [-0.05, 0) is 12.1 Å². The molecule has 0 aliphatic carbocycles. The van der Waals surface area contributed by atoms with Gasteiger partial charge in [0.2, 0.25) is 0 Å². The van der Waals surface area contributed by atoms with Crippen molar-refractivity contribution in [3.05, 3.63) is 40.0 Å². The maximum absolute atomic E-state index is 8.95. The van der Waals surface area contributed by atoms with Crippen molar-refractivity contribution in [2.45, 2.75) is 0 Å². The summed E-state index contributed by atoms with van der Waals surface area (Å²) in [6.45, 7) is 0. The zero-order valence-electron chi connectivity index (χ0n) is 11.3. The Morgan fingerprint density at radius 2 is 1.81 bits per heavy atom. The quantitative estimate of drug-likeness (QED) is 0.860. The molecule has 0 aliphatic heterocycles. The SMILES string of the molecule is COc1cc(Nc2cc(C#N)cc(Cl)n2)c(OC)cc1Cl. The Kier molecular flexibility index (Phi) is 4.73. The monoisotopic (exact) mass is 323 g/mol. The third-order valence-electron chi connectivity index (χ3n) is 2.66. The lowest BCUT2D eigenvalue weighted by Crippen LogP contribution is -1.99. The Bertz CT molecular complexity index is 714. The number of rotatable bonds is 4. The van der Waals surface area contributed by atoms with E-state index in [1.807, 2.05) is 6.07 Å². The summed E-state index contributed by atoms with van der Waals surface area (Å²) in [4.78, 5) is 4.10. The summed E-state index contributed by atoms with van der Waals surface area (Å²) in [5, 5.41) is 12.6. The van der Waals surface area contributed by atoms with Crippen molar-refractivity contribution >= 4 is 34.7 Å². The Labute approximate surface area is 132 Å². The van der Waals surface area contributed by atoms with E-state index >= 15 is 0 Å². The molecule has 1 aromatic carbocycles. The predicted octanol–water partition coefficient (Wildman–Crippen LogP) is 4.02. The molecular weight excluding hydrogens is 313 g/mol. The lowest BCUT2D eigenvalue weighted by atomic mass is 10.2. The number of aromatic nitrogens is 1. The summed E-state index contributed by atoms with van der Waals surface area (Å²) in [5.74, 6) is 1.42. The van der Waals surface area contributed by atoms with Gasteiger partial charge in [-0.1, -0.05) is 23.2 Å². The molecular formula is C14H11Cl2N3O2. The number of ether oxygens (including phenoxy) is 2. The van der Waals surface area contributed by atoms with Crippen LogP contribution >= 0.6 is 23.2 Å². The van der Waals surface area contributed by atoms with Crippen molar-refractivity contribution in [1.29, 1.82) is 5.26 Å². The van der Waals surface area contributed by atoms with Crippen LogP contribution in [0.25, 0.3) is 0 Å². The third kappa shape index (κ3) is 3.48.